The van der Waals surface area contributed by atoms with E-state index in [1.807, 2.05) is 36.4 Å². The highest BCUT2D eigenvalue weighted by Gasteiger charge is 2.06. The summed E-state index contributed by atoms with van der Waals surface area (Å²) in [5, 5.41) is 2.98. The quantitative estimate of drug-likeness (QED) is 0.803. The lowest BCUT2D eigenvalue weighted by Crippen LogP contribution is -2.25. The third-order valence-corrected chi connectivity index (χ3v) is 4.63. The van der Waals surface area contributed by atoms with E-state index in [1.54, 1.807) is 18.9 Å². The van der Waals surface area contributed by atoms with Gasteiger partial charge in [-0.3, -0.25) is 4.79 Å². The molecule has 3 nitrogen and oxygen atoms in total. The third kappa shape index (κ3) is 5.73. The van der Waals surface area contributed by atoms with E-state index in [1.165, 1.54) is 11.1 Å². The van der Waals surface area contributed by atoms with Gasteiger partial charge in [0.15, 0.2) is 0 Å². The van der Waals surface area contributed by atoms with Gasteiger partial charge in [0.1, 0.15) is 0 Å². The number of methoxy groups -OCH3 is 1. The third-order valence-electron chi connectivity index (χ3n) is 3.65. The Hall–Kier alpha value is -1.78. The molecule has 2 rings (SSSR count). The van der Waals surface area contributed by atoms with Gasteiger partial charge in [-0.05, 0) is 29.2 Å². The minimum absolute atomic E-state index is 0.0656. The number of carbonyl (C=O) groups is 1. The summed E-state index contributed by atoms with van der Waals surface area (Å²) in [4.78, 5) is 12.0. The molecular weight excluding hydrogens is 306 g/mol. The molecule has 0 aromatic heterocycles. The summed E-state index contributed by atoms with van der Waals surface area (Å²) in [6.07, 6.45) is 0. The van der Waals surface area contributed by atoms with E-state index in [0.717, 1.165) is 16.9 Å². The van der Waals surface area contributed by atoms with Gasteiger partial charge in [0.05, 0.1) is 12.4 Å². The van der Waals surface area contributed by atoms with Gasteiger partial charge in [0, 0.05) is 19.4 Å². The molecule has 0 atom stereocenters. The first-order chi connectivity index (χ1) is 11.2. The number of carbonyl (C=O) groups excluding carboxylic acids is 1. The first-order valence-corrected chi connectivity index (χ1v) is 8.81. The van der Waals surface area contributed by atoms with E-state index in [9.17, 15) is 4.79 Å². The Balaban J connectivity index is 1.76. The van der Waals surface area contributed by atoms with Crippen molar-refractivity contribution in [3.63, 3.8) is 0 Å². The van der Waals surface area contributed by atoms with Gasteiger partial charge < -0.3 is 10.1 Å². The van der Waals surface area contributed by atoms with E-state index < -0.39 is 0 Å². The van der Waals surface area contributed by atoms with Crippen LogP contribution in [0.15, 0.2) is 48.5 Å². The fourth-order valence-corrected chi connectivity index (χ4v) is 3.23. The number of aryl methyl sites for hydroxylation is 1. The monoisotopic (exact) mass is 329 g/mol. The van der Waals surface area contributed by atoms with Crippen molar-refractivity contribution < 1.29 is 9.53 Å². The van der Waals surface area contributed by atoms with Gasteiger partial charge in [0.2, 0.25) is 5.91 Å². The zero-order chi connectivity index (χ0) is 16.5. The largest absolute Gasteiger partial charge is 0.380 e. The smallest absolute Gasteiger partial charge is 0.230 e. The standard InChI is InChI=1S/C19H23NO2S/c1-15-7-3-4-10-18(15)13-23-14-19(21)20-11-16-8-5-6-9-17(16)12-22-2/h3-10H,11-14H2,1-2H3,(H,20,21). The van der Waals surface area contributed by atoms with Crippen LogP contribution in [-0.4, -0.2) is 18.8 Å². The Morgan fingerprint density at radius 2 is 1.70 bits per heavy atom. The molecule has 0 heterocycles. The molecule has 0 unspecified atom stereocenters. The van der Waals surface area contributed by atoms with Gasteiger partial charge in [-0.1, -0.05) is 48.5 Å². The van der Waals surface area contributed by atoms with Gasteiger partial charge in [-0.2, -0.15) is 0 Å². The Morgan fingerprint density at radius 3 is 2.39 bits per heavy atom. The highest BCUT2D eigenvalue weighted by molar-refractivity contribution is 7.99. The molecule has 4 heteroatoms. The highest BCUT2D eigenvalue weighted by atomic mass is 32.2. The van der Waals surface area contributed by atoms with Crippen molar-refractivity contribution >= 4 is 17.7 Å². The minimum Gasteiger partial charge on any atom is -0.380 e. The summed E-state index contributed by atoms with van der Waals surface area (Å²) >= 11 is 1.64. The lowest BCUT2D eigenvalue weighted by molar-refractivity contribution is -0.118. The van der Waals surface area contributed by atoms with Crippen LogP contribution in [0.25, 0.3) is 0 Å². The summed E-state index contributed by atoms with van der Waals surface area (Å²) < 4.78 is 5.18. The fraction of sp³-hybridized carbons (Fsp3) is 0.316. The first kappa shape index (κ1) is 17.6. The molecule has 0 aliphatic rings. The van der Waals surface area contributed by atoms with Crippen molar-refractivity contribution in [1.82, 2.24) is 5.32 Å². The molecular formula is C19H23NO2S. The molecule has 0 aliphatic heterocycles. The van der Waals surface area contributed by atoms with E-state index in [2.05, 4.69) is 24.4 Å². The average molecular weight is 329 g/mol. The van der Waals surface area contributed by atoms with Gasteiger partial charge in [0.25, 0.3) is 0 Å². The predicted octanol–water partition coefficient (Wildman–Crippen LogP) is 3.69. The van der Waals surface area contributed by atoms with Crippen LogP contribution >= 0.6 is 11.8 Å². The molecule has 0 aliphatic carbocycles. The van der Waals surface area contributed by atoms with Crippen molar-refractivity contribution in [2.24, 2.45) is 0 Å². The summed E-state index contributed by atoms with van der Waals surface area (Å²) in [5.74, 6) is 1.40. The SMILES string of the molecule is COCc1ccccc1CNC(=O)CSCc1ccccc1C. The van der Waals surface area contributed by atoms with E-state index in [4.69, 9.17) is 4.74 Å². The van der Waals surface area contributed by atoms with Crippen LogP contribution in [0.5, 0.6) is 0 Å². The molecule has 2 aromatic rings. The summed E-state index contributed by atoms with van der Waals surface area (Å²) in [5.41, 5.74) is 4.78. The molecule has 0 saturated carbocycles. The Kier molecular flexibility index (Phi) is 7.17. The van der Waals surface area contributed by atoms with Crippen LogP contribution in [0.3, 0.4) is 0 Å². The molecule has 0 radical (unpaired) electrons. The zero-order valence-corrected chi connectivity index (χ0v) is 14.5. The lowest BCUT2D eigenvalue weighted by Gasteiger charge is -2.10. The summed E-state index contributed by atoms with van der Waals surface area (Å²) in [6, 6.07) is 16.3. The van der Waals surface area contributed by atoms with Crippen LogP contribution in [0.2, 0.25) is 0 Å². The molecule has 2 aromatic carbocycles. The number of hydrogen-bond acceptors (Lipinski definition) is 3. The predicted molar refractivity (Wildman–Crippen MR) is 96.3 cm³/mol. The second-order valence-corrected chi connectivity index (χ2v) is 6.38. The maximum Gasteiger partial charge on any atom is 0.230 e. The molecule has 0 bridgehead atoms. The molecule has 1 amide bonds. The van der Waals surface area contributed by atoms with Crippen molar-refractivity contribution in [2.75, 3.05) is 12.9 Å². The summed E-state index contributed by atoms with van der Waals surface area (Å²) in [6.45, 7) is 3.21. The Bertz CT molecular complexity index is 643. The number of benzene rings is 2. The van der Waals surface area contributed by atoms with Crippen molar-refractivity contribution in [1.29, 1.82) is 0 Å². The van der Waals surface area contributed by atoms with Crippen LogP contribution in [-0.2, 0) is 28.4 Å². The van der Waals surface area contributed by atoms with Crippen LogP contribution in [0.1, 0.15) is 22.3 Å². The molecule has 1 N–H and O–H groups in total. The number of amides is 1. The minimum atomic E-state index is 0.0656. The Labute approximate surface area is 142 Å². The lowest BCUT2D eigenvalue weighted by atomic mass is 10.1. The molecule has 0 spiro atoms. The van der Waals surface area contributed by atoms with Crippen LogP contribution in [0.4, 0.5) is 0 Å². The first-order valence-electron chi connectivity index (χ1n) is 7.65. The van der Waals surface area contributed by atoms with E-state index in [-0.39, 0.29) is 5.91 Å². The number of ether oxygens (including phenoxy) is 1. The highest BCUT2D eigenvalue weighted by Crippen LogP contribution is 2.15. The number of hydrogen-bond donors (Lipinski definition) is 1. The second-order valence-electron chi connectivity index (χ2n) is 5.40. The van der Waals surface area contributed by atoms with Crippen molar-refractivity contribution in [3.8, 4) is 0 Å². The fourth-order valence-electron chi connectivity index (χ4n) is 2.30. The number of thioether (sulfide) groups is 1. The van der Waals surface area contributed by atoms with E-state index >= 15 is 0 Å². The normalized spacial score (nSPS) is 10.5. The van der Waals surface area contributed by atoms with Crippen molar-refractivity contribution in [2.45, 2.75) is 25.8 Å². The number of nitrogens with one attached hydrogen (secondary N) is 1. The molecule has 23 heavy (non-hydrogen) atoms. The maximum absolute atomic E-state index is 12.0. The Morgan fingerprint density at radius 1 is 1.04 bits per heavy atom. The van der Waals surface area contributed by atoms with Crippen LogP contribution < -0.4 is 5.32 Å². The van der Waals surface area contributed by atoms with Gasteiger partial charge >= 0.3 is 0 Å². The summed E-state index contributed by atoms with van der Waals surface area (Å²) in [7, 11) is 1.68. The zero-order valence-electron chi connectivity index (χ0n) is 13.7. The number of rotatable bonds is 8. The average Bonchev–Trinajstić information content (AvgIpc) is 2.56. The van der Waals surface area contributed by atoms with Crippen LogP contribution in [0, 0.1) is 6.92 Å². The molecule has 0 saturated heterocycles. The second kappa shape index (κ2) is 9.38. The van der Waals surface area contributed by atoms with Gasteiger partial charge in [-0.25, -0.2) is 0 Å². The van der Waals surface area contributed by atoms with E-state index in [0.29, 0.717) is 18.9 Å². The maximum atomic E-state index is 12.0. The molecule has 0 fully saturated rings. The van der Waals surface area contributed by atoms with Gasteiger partial charge in [-0.15, -0.1) is 11.8 Å². The topological polar surface area (TPSA) is 38.3 Å². The molecule has 122 valence electrons. The van der Waals surface area contributed by atoms with Crippen molar-refractivity contribution in [3.05, 3.63) is 70.8 Å².